The molecule has 2 unspecified atom stereocenters. The van der Waals surface area contributed by atoms with Crippen LogP contribution in [0.15, 0.2) is 41.8 Å². The van der Waals surface area contributed by atoms with Crippen LogP contribution in [0, 0.1) is 5.92 Å². The summed E-state index contributed by atoms with van der Waals surface area (Å²) in [6.45, 7) is 9.82. The maximum atomic E-state index is 14.8. The molecular weight excluding hydrogens is 825 g/mol. The second-order valence-electron chi connectivity index (χ2n) is 17.7. The lowest BCUT2D eigenvalue weighted by Gasteiger charge is -2.32. The number of amides is 4. The number of hydrogen-bond acceptors (Lipinski definition) is 14. The molecule has 4 N–H and O–H groups in total. The molecule has 3 aromatic rings. The van der Waals surface area contributed by atoms with Crippen LogP contribution in [0.25, 0.3) is 22.2 Å². The van der Waals surface area contributed by atoms with E-state index in [1.807, 2.05) is 61.5 Å². The second kappa shape index (κ2) is 17.4. The Bertz CT molecular complexity index is 2310. The zero-order chi connectivity index (χ0) is 43.9. The summed E-state index contributed by atoms with van der Waals surface area (Å²) < 4.78 is 45.9. The van der Waals surface area contributed by atoms with Gasteiger partial charge in [-0.2, -0.15) is 0 Å². The number of nitrogens with zero attached hydrogens (tertiary/aromatic N) is 4. The Morgan fingerprint density at radius 1 is 1.08 bits per heavy atom. The van der Waals surface area contributed by atoms with Gasteiger partial charge in [0, 0.05) is 35.7 Å². The molecule has 1 saturated heterocycles. The maximum absolute atomic E-state index is 14.8. The van der Waals surface area contributed by atoms with Gasteiger partial charge in [-0.15, -0.1) is 11.3 Å². The van der Waals surface area contributed by atoms with Crippen molar-refractivity contribution in [3.05, 3.63) is 41.8 Å². The summed E-state index contributed by atoms with van der Waals surface area (Å²) in [7, 11) is -0.504. The molecule has 2 aliphatic carbocycles. The Kier molecular flexibility index (Phi) is 12.6. The number of rotatable bonds is 10. The first-order valence-corrected chi connectivity index (χ1v) is 23.2. The molecule has 4 heterocycles. The monoisotopic (exact) mass is 880 g/mol. The second-order valence-corrected chi connectivity index (χ2v) is 20.5. The van der Waals surface area contributed by atoms with Crippen LogP contribution in [0.2, 0.25) is 0 Å². The van der Waals surface area contributed by atoms with Crippen LogP contribution in [-0.4, -0.2) is 126 Å². The lowest BCUT2D eigenvalue weighted by atomic mass is 10.1. The van der Waals surface area contributed by atoms with Crippen molar-refractivity contribution >= 4 is 61.1 Å². The quantitative estimate of drug-likeness (QED) is 0.211. The molecule has 61 heavy (non-hydrogen) atoms. The first kappa shape index (κ1) is 44.1. The number of allylic oxidation sites excluding steroid dienone is 1. The standard InChI is InChI=1S/C42H56N8O9S2/c1-24(2)43-39-45-33(23-60-39)31-18-25-17-27(57-7)12-15-30(25)36(44-31)58-28-19-34-35(51)47-42(38(53)48-61(55,56)29-13-14-29)20-26(42)11-9-8-10-16-49(6)22-32(37(52)50(34)21-28)46-40(54)59-41(3,4)5/h9,11-12,15,17-18,23-24,26,28-29,32,34H,8,10,13-14,16,19-22H2,1-7H3,(H,43,45)(H,46,54)(H,47,51)(H,48,53)/b11-9-/t26?,28?,32-,34-,42+/m0/s1. The number of pyridine rings is 1. The Hall–Kier alpha value is -5.01. The van der Waals surface area contributed by atoms with E-state index in [9.17, 15) is 27.6 Å². The number of hydrogen-bond donors (Lipinski definition) is 4. The third-order valence-corrected chi connectivity index (χ3v) is 13.6. The molecule has 4 amide bonds. The van der Waals surface area contributed by atoms with Gasteiger partial charge in [0.05, 0.1) is 24.6 Å². The number of alkyl carbamates (subject to hydrolysis) is 1. The van der Waals surface area contributed by atoms with Gasteiger partial charge in [0.25, 0.3) is 5.91 Å². The summed E-state index contributed by atoms with van der Waals surface area (Å²) in [5.41, 5.74) is -1.23. The summed E-state index contributed by atoms with van der Waals surface area (Å²) in [6.07, 6.45) is 4.62. The Morgan fingerprint density at radius 2 is 1.85 bits per heavy atom. The van der Waals surface area contributed by atoms with Crippen LogP contribution >= 0.6 is 11.3 Å². The van der Waals surface area contributed by atoms with E-state index in [4.69, 9.17) is 24.2 Å². The highest BCUT2D eigenvalue weighted by Gasteiger charge is 2.62. The number of fused-ring (bicyclic) bond motifs is 3. The van der Waals surface area contributed by atoms with Crippen molar-refractivity contribution in [2.75, 3.05) is 39.1 Å². The summed E-state index contributed by atoms with van der Waals surface area (Å²) in [4.78, 5) is 69.5. The summed E-state index contributed by atoms with van der Waals surface area (Å²) >= 11 is 1.45. The van der Waals surface area contributed by atoms with Gasteiger partial charge >= 0.3 is 6.09 Å². The molecule has 2 saturated carbocycles. The lowest BCUT2D eigenvalue weighted by Crippen LogP contribution is -2.59. The zero-order valence-corrected chi connectivity index (χ0v) is 37.3. The van der Waals surface area contributed by atoms with E-state index in [2.05, 4.69) is 20.7 Å². The smallest absolute Gasteiger partial charge is 0.408 e. The van der Waals surface area contributed by atoms with Crippen molar-refractivity contribution < 1.29 is 41.8 Å². The number of likely N-dealkylation sites (N-methyl/N-ethyl adjacent to an activating group) is 1. The van der Waals surface area contributed by atoms with E-state index < -0.39 is 74.3 Å². The van der Waals surface area contributed by atoms with E-state index in [1.165, 1.54) is 16.2 Å². The van der Waals surface area contributed by atoms with Crippen molar-refractivity contribution in [3.8, 4) is 23.0 Å². The molecule has 0 spiro atoms. The molecule has 5 atom stereocenters. The van der Waals surface area contributed by atoms with Crippen LogP contribution in [0.1, 0.15) is 73.1 Å². The van der Waals surface area contributed by atoms with Gasteiger partial charge in [0.1, 0.15) is 40.8 Å². The average molecular weight is 881 g/mol. The number of ether oxygens (including phenoxy) is 3. The first-order chi connectivity index (χ1) is 28.8. The van der Waals surface area contributed by atoms with Crippen molar-refractivity contribution in [2.24, 2.45) is 5.92 Å². The number of benzene rings is 1. The van der Waals surface area contributed by atoms with Crippen LogP contribution < -0.4 is 30.1 Å². The summed E-state index contributed by atoms with van der Waals surface area (Å²) in [6, 6.07) is 5.24. The van der Waals surface area contributed by atoms with Gasteiger partial charge < -0.3 is 40.0 Å². The first-order valence-electron chi connectivity index (χ1n) is 20.8. The van der Waals surface area contributed by atoms with Crippen LogP contribution in [0.4, 0.5) is 9.93 Å². The number of carbonyl (C=O) groups is 4. The molecule has 2 aliphatic heterocycles. The minimum absolute atomic E-state index is 0.00609. The predicted molar refractivity (Wildman–Crippen MR) is 231 cm³/mol. The van der Waals surface area contributed by atoms with Crippen LogP contribution in [0.3, 0.4) is 0 Å². The van der Waals surface area contributed by atoms with E-state index in [1.54, 1.807) is 33.9 Å². The molecule has 19 heteroatoms. The molecule has 17 nitrogen and oxygen atoms in total. The van der Waals surface area contributed by atoms with E-state index >= 15 is 0 Å². The number of carbonyl (C=O) groups excluding carboxylic acids is 4. The molecular formula is C42H56N8O9S2. The van der Waals surface area contributed by atoms with Crippen molar-refractivity contribution in [1.29, 1.82) is 0 Å². The van der Waals surface area contributed by atoms with Gasteiger partial charge in [-0.25, -0.2) is 23.2 Å². The van der Waals surface area contributed by atoms with Gasteiger partial charge in [-0.3, -0.25) is 19.1 Å². The Balaban J connectivity index is 1.24. The number of aromatic nitrogens is 2. The van der Waals surface area contributed by atoms with Gasteiger partial charge in [-0.05, 0) is 110 Å². The summed E-state index contributed by atoms with van der Waals surface area (Å²) in [5.74, 6) is -1.62. The third kappa shape index (κ3) is 10.4. The number of thiazole rings is 1. The maximum Gasteiger partial charge on any atom is 0.408 e. The number of methoxy groups -OCH3 is 1. The number of sulfonamides is 1. The van der Waals surface area contributed by atoms with Crippen molar-refractivity contribution in [2.45, 2.75) is 114 Å². The molecule has 3 fully saturated rings. The van der Waals surface area contributed by atoms with Crippen molar-refractivity contribution in [1.82, 2.24) is 35.1 Å². The highest BCUT2D eigenvalue weighted by Crippen LogP contribution is 2.46. The lowest BCUT2D eigenvalue weighted by molar-refractivity contribution is -0.141. The molecule has 4 aliphatic rings. The van der Waals surface area contributed by atoms with Crippen LogP contribution in [-0.2, 0) is 29.1 Å². The predicted octanol–water partition coefficient (Wildman–Crippen LogP) is 4.19. The fourth-order valence-corrected chi connectivity index (χ4v) is 9.95. The normalized spacial score (nSPS) is 25.7. The third-order valence-electron chi connectivity index (χ3n) is 11.0. The van der Waals surface area contributed by atoms with Gasteiger partial charge in [0.2, 0.25) is 27.7 Å². The van der Waals surface area contributed by atoms with E-state index in [-0.39, 0.29) is 37.9 Å². The molecule has 7 rings (SSSR count). The van der Waals surface area contributed by atoms with E-state index in [0.29, 0.717) is 54.8 Å². The van der Waals surface area contributed by atoms with Crippen LogP contribution in [0.5, 0.6) is 11.6 Å². The Morgan fingerprint density at radius 3 is 2.56 bits per heavy atom. The fourth-order valence-electron chi connectivity index (χ4n) is 7.73. The zero-order valence-electron chi connectivity index (χ0n) is 35.6. The SMILES string of the molecule is COc1ccc2c(OC3C[C@H]4C(=O)N[C@]5(C(=O)NS(=O)(=O)C6CC6)CC5/C=C\CCCN(C)C[C@H](NC(=O)OC(C)(C)C)C(=O)N4C3)nc(-c3csc(NC(C)C)n3)cc2c1. The minimum atomic E-state index is -3.93. The largest absolute Gasteiger partial charge is 0.497 e. The molecule has 1 aromatic carbocycles. The highest BCUT2D eigenvalue weighted by atomic mass is 32.2. The number of anilines is 1. The molecule has 330 valence electrons. The molecule has 0 radical (unpaired) electrons. The minimum Gasteiger partial charge on any atom is -0.497 e. The Labute approximate surface area is 360 Å². The fraction of sp³-hybridized carbons (Fsp3) is 0.571. The van der Waals surface area contributed by atoms with Crippen molar-refractivity contribution in [3.63, 3.8) is 0 Å². The molecule has 2 aromatic heterocycles. The van der Waals surface area contributed by atoms with E-state index in [0.717, 1.165) is 10.5 Å². The van der Waals surface area contributed by atoms with Gasteiger partial charge in [-0.1, -0.05) is 12.2 Å². The molecule has 0 bridgehead atoms. The number of nitrogens with one attached hydrogen (secondary N) is 4. The topological polar surface area (TPSA) is 210 Å². The average Bonchev–Trinajstić information content (AvgIpc) is 4.06. The van der Waals surface area contributed by atoms with Gasteiger partial charge in [0.15, 0.2) is 5.13 Å². The summed E-state index contributed by atoms with van der Waals surface area (Å²) in [5, 5.41) is 12.4. The highest BCUT2D eigenvalue weighted by molar-refractivity contribution is 7.91.